The summed E-state index contributed by atoms with van der Waals surface area (Å²) in [6.45, 7) is 2.67. The van der Waals surface area contributed by atoms with Crippen molar-refractivity contribution in [2.75, 3.05) is 35.7 Å². The summed E-state index contributed by atoms with van der Waals surface area (Å²) in [4.78, 5) is 21.2. The van der Waals surface area contributed by atoms with Crippen LogP contribution in [0.2, 0.25) is 0 Å². The van der Waals surface area contributed by atoms with Crippen LogP contribution >= 0.6 is 0 Å². The lowest BCUT2D eigenvalue weighted by atomic mass is 10.2. The van der Waals surface area contributed by atoms with Crippen LogP contribution in [0.15, 0.2) is 24.5 Å². The molecule has 0 aliphatic carbocycles. The van der Waals surface area contributed by atoms with Gasteiger partial charge >= 0.3 is 0 Å². The Balaban J connectivity index is 1.80. The fraction of sp³-hybridized carbons (Fsp3) is 0.429. The highest BCUT2D eigenvalue weighted by molar-refractivity contribution is 5.44. The van der Waals surface area contributed by atoms with Crippen LogP contribution in [0.3, 0.4) is 0 Å². The Labute approximate surface area is 123 Å². The van der Waals surface area contributed by atoms with Crippen molar-refractivity contribution < 1.29 is 0 Å². The predicted molar refractivity (Wildman–Crippen MR) is 82.0 cm³/mol. The highest BCUT2D eigenvalue weighted by Gasteiger charge is 2.18. The Bertz CT molecular complexity index is 596. The van der Waals surface area contributed by atoms with Gasteiger partial charge in [0.15, 0.2) is 0 Å². The molecule has 3 heterocycles. The van der Waals surface area contributed by atoms with E-state index in [-0.39, 0.29) is 5.95 Å². The van der Waals surface area contributed by atoms with E-state index in [4.69, 9.17) is 5.73 Å². The molecule has 2 N–H and O–H groups in total. The SMILES string of the molecule is CN(Cc1ccncc1)c1nc(N)nc(N2CCCC2)n1. The first-order valence-electron chi connectivity index (χ1n) is 7.09. The molecule has 21 heavy (non-hydrogen) atoms. The molecule has 0 aromatic carbocycles. The monoisotopic (exact) mass is 285 g/mol. The maximum Gasteiger partial charge on any atom is 0.231 e. The lowest BCUT2D eigenvalue weighted by Crippen LogP contribution is -2.25. The minimum atomic E-state index is 0.267. The smallest absolute Gasteiger partial charge is 0.231 e. The first-order valence-corrected chi connectivity index (χ1v) is 7.09. The van der Waals surface area contributed by atoms with Crippen LogP contribution in [0.1, 0.15) is 18.4 Å². The summed E-state index contributed by atoms with van der Waals surface area (Å²) in [5.74, 6) is 1.54. The minimum Gasteiger partial charge on any atom is -0.368 e. The number of nitrogen functional groups attached to an aromatic ring is 1. The molecule has 1 fully saturated rings. The summed E-state index contributed by atoms with van der Waals surface area (Å²) < 4.78 is 0. The first-order chi connectivity index (χ1) is 10.2. The largest absolute Gasteiger partial charge is 0.368 e. The van der Waals surface area contributed by atoms with Crippen molar-refractivity contribution >= 4 is 17.8 Å². The lowest BCUT2D eigenvalue weighted by molar-refractivity contribution is 0.828. The Morgan fingerprint density at radius 2 is 1.86 bits per heavy atom. The van der Waals surface area contributed by atoms with E-state index in [9.17, 15) is 0 Å². The molecule has 110 valence electrons. The van der Waals surface area contributed by atoms with Crippen LogP contribution in [0.4, 0.5) is 17.8 Å². The topological polar surface area (TPSA) is 84.1 Å². The Hall–Kier alpha value is -2.44. The van der Waals surface area contributed by atoms with Crippen molar-refractivity contribution in [3.63, 3.8) is 0 Å². The number of pyridine rings is 1. The third-order valence-corrected chi connectivity index (χ3v) is 3.53. The van der Waals surface area contributed by atoms with Crippen LogP contribution in [0.25, 0.3) is 0 Å². The molecule has 2 aromatic heterocycles. The average Bonchev–Trinajstić information content (AvgIpc) is 3.02. The fourth-order valence-electron chi connectivity index (χ4n) is 2.43. The number of anilines is 3. The molecule has 1 aliphatic heterocycles. The van der Waals surface area contributed by atoms with Gasteiger partial charge in [-0.2, -0.15) is 15.0 Å². The van der Waals surface area contributed by atoms with E-state index in [0.29, 0.717) is 18.4 Å². The van der Waals surface area contributed by atoms with Gasteiger partial charge in [-0.15, -0.1) is 0 Å². The molecule has 0 spiro atoms. The van der Waals surface area contributed by atoms with Gasteiger partial charge in [-0.3, -0.25) is 4.98 Å². The maximum atomic E-state index is 5.83. The van der Waals surface area contributed by atoms with Crippen molar-refractivity contribution in [1.29, 1.82) is 0 Å². The van der Waals surface area contributed by atoms with Gasteiger partial charge in [-0.25, -0.2) is 0 Å². The summed E-state index contributed by atoms with van der Waals surface area (Å²) in [6, 6.07) is 3.95. The first kappa shape index (κ1) is 13.5. The molecule has 3 rings (SSSR count). The number of hydrogen-bond donors (Lipinski definition) is 1. The number of rotatable bonds is 4. The van der Waals surface area contributed by atoms with Crippen molar-refractivity contribution in [1.82, 2.24) is 19.9 Å². The van der Waals surface area contributed by atoms with Gasteiger partial charge in [0.05, 0.1) is 0 Å². The fourth-order valence-corrected chi connectivity index (χ4v) is 2.43. The Morgan fingerprint density at radius 3 is 2.57 bits per heavy atom. The third-order valence-electron chi connectivity index (χ3n) is 3.53. The molecule has 1 saturated heterocycles. The zero-order valence-corrected chi connectivity index (χ0v) is 12.1. The number of hydrogen-bond acceptors (Lipinski definition) is 7. The van der Waals surface area contributed by atoms with Crippen LogP contribution in [0.5, 0.6) is 0 Å². The van der Waals surface area contributed by atoms with Crippen molar-refractivity contribution in [3.8, 4) is 0 Å². The average molecular weight is 285 g/mol. The highest BCUT2D eigenvalue weighted by Crippen LogP contribution is 2.19. The van der Waals surface area contributed by atoms with Crippen molar-refractivity contribution in [2.45, 2.75) is 19.4 Å². The quantitative estimate of drug-likeness (QED) is 0.900. The second-order valence-corrected chi connectivity index (χ2v) is 5.20. The van der Waals surface area contributed by atoms with Crippen molar-refractivity contribution in [3.05, 3.63) is 30.1 Å². The Kier molecular flexibility index (Phi) is 3.81. The maximum absolute atomic E-state index is 5.83. The molecule has 7 nitrogen and oxygen atoms in total. The van der Waals surface area contributed by atoms with Crippen LogP contribution in [0, 0.1) is 0 Å². The summed E-state index contributed by atoms with van der Waals surface area (Å²) in [7, 11) is 1.95. The van der Waals surface area contributed by atoms with E-state index in [2.05, 4.69) is 24.8 Å². The van der Waals surface area contributed by atoms with Crippen molar-refractivity contribution in [2.24, 2.45) is 0 Å². The zero-order chi connectivity index (χ0) is 14.7. The van der Waals surface area contributed by atoms with E-state index < -0.39 is 0 Å². The second-order valence-electron chi connectivity index (χ2n) is 5.20. The molecule has 7 heteroatoms. The molecule has 0 atom stereocenters. The van der Waals surface area contributed by atoms with Gasteiger partial charge in [0.25, 0.3) is 0 Å². The van der Waals surface area contributed by atoms with E-state index in [1.54, 1.807) is 12.4 Å². The molecule has 0 radical (unpaired) electrons. The van der Waals surface area contributed by atoms with E-state index in [1.807, 2.05) is 24.1 Å². The standard InChI is InChI=1S/C14H19N7/c1-20(10-11-4-6-16-7-5-11)13-17-12(15)18-14(19-13)21-8-2-3-9-21/h4-7H,2-3,8-10H2,1H3,(H2,15,17,18,19). The van der Waals surface area contributed by atoms with Crippen LogP contribution in [-0.2, 0) is 6.54 Å². The summed E-state index contributed by atoms with van der Waals surface area (Å²) in [5, 5.41) is 0. The van der Waals surface area contributed by atoms with Gasteiger partial charge in [-0.1, -0.05) is 0 Å². The van der Waals surface area contributed by atoms with E-state index in [0.717, 1.165) is 18.7 Å². The minimum absolute atomic E-state index is 0.267. The van der Waals surface area contributed by atoms with Crippen LogP contribution in [-0.4, -0.2) is 40.1 Å². The molecular formula is C14H19N7. The summed E-state index contributed by atoms with van der Waals surface area (Å²) in [6.07, 6.45) is 5.91. The van der Waals surface area contributed by atoms with Crippen LogP contribution < -0.4 is 15.5 Å². The van der Waals surface area contributed by atoms with E-state index in [1.165, 1.54) is 12.8 Å². The molecule has 2 aromatic rings. The lowest BCUT2D eigenvalue weighted by Gasteiger charge is -2.20. The molecule has 1 aliphatic rings. The van der Waals surface area contributed by atoms with Gasteiger partial charge in [0.2, 0.25) is 17.8 Å². The number of nitrogens with two attached hydrogens (primary N) is 1. The second kappa shape index (κ2) is 5.90. The molecule has 0 unspecified atom stereocenters. The van der Waals surface area contributed by atoms with Gasteiger partial charge in [0.1, 0.15) is 0 Å². The molecule has 0 saturated carbocycles. The molecule has 0 bridgehead atoms. The van der Waals surface area contributed by atoms with E-state index >= 15 is 0 Å². The molecule has 0 amide bonds. The van der Waals surface area contributed by atoms with Gasteiger partial charge < -0.3 is 15.5 Å². The number of aromatic nitrogens is 4. The summed E-state index contributed by atoms with van der Waals surface area (Å²) in [5.41, 5.74) is 6.98. The van der Waals surface area contributed by atoms with Gasteiger partial charge in [0, 0.05) is 39.1 Å². The third kappa shape index (κ3) is 3.18. The Morgan fingerprint density at radius 1 is 1.14 bits per heavy atom. The van der Waals surface area contributed by atoms with Gasteiger partial charge in [-0.05, 0) is 30.5 Å². The zero-order valence-electron chi connectivity index (χ0n) is 12.1. The highest BCUT2D eigenvalue weighted by atomic mass is 15.3. The molecular weight excluding hydrogens is 266 g/mol. The predicted octanol–water partition coefficient (Wildman–Crippen LogP) is 1.09. The number of nitrogens with zero attached hydrogens (tertiary/aromatic N) is 6. The summed E-state index contributed by atoms with van der Waals surface area (Å²) >= 11 is 0. The normalized spacial score (nSPS) is 14.4.